The Balaban J connectivity index is 1.44. The van der Waals surface area contributed by atoms with Crippen molar-refractivity contribution in [2.75, 3.05) is 5.32 Å². The van der Waals surface area contributed by atoms with Crippen LogP contribution in [0.25, 0.3) is 17.1 Å². The van der Waals surface area contributed by atoms with E-state index in [2.05, 4.69) is 51.5 Å². The van der Waals surface area contributed by atoms with E-state index in [4.69, 9.17) is 0 Å². The number of hydrogen-bond acceptors (Lipinski definition) is 5. The fourth-order valence-electron chi connectivity index (χ4n) is 2.83. The van der Waals surface area contributed by atoms with Gasteiger partial charge in [0.1, 0.15) is 12.1 Å². The highest BCUT2D eigenvalue weighted by atomic mass is 32.1. The van der Waals surface area contributed by atoms with Gasteiger partial charge in [0.2, 0.25) is 0 Å². The molecule has 0 saturated heterocycles. The van der Waals surface area contributed by atoms with Gasteiger partial charge in [0.25, 0.3) is 5.91 Å². The maximum absolute atomic E-state index is 12.5. The summed E-state index contributed by atoms with van der Waals surface area (Å²) in [6.45, 7) is 2.17. The van der Waals surface area contributed by atoms with Crippen LogP contribution < -0.4 is 5.32 Å². The molecule has 0 unspecified atom stereocenters. The Kier molecular flexibility index (Phi) is 5.25. The van der Waals surface area contributed by atoms with Crippen molar-refractivity contribution in [3.63, 3.8) is 0 Å². The summed E-state index contributed by atoms with van der Waals surface area (Å²) in [5, 5.41) is 5.36. The van der Waals surface area contributed by atoms with Crippen molar-refractivity contribution in [2.24, 2.45) is 0 Å². The lowest BCUT2D eigenvalue weighted by Crippen LogP contribution is -2.12. The van der Waals surface area contributed by atoms with Crippen LogP contribution in [-0.2, 0) is 6.42 Å². The second kappa shape index (κ2) is 8.14. The van der Waals surface area contributed by atoms with Crippen LogP contribution in [0.3, 0.4) is 0 Å². The molecule has 1 N–H and O–H groups in total. The number of aryl methyl sites for hydroxylation is 1. The molecule has 0 fully saturated rings. The molecule has 3 aromatic heterocycles. The Hall–Kier alpha value is -3.32. The Morgan fingerprint density at radius 2 is 2.04 bits per heavy atom. The third-order valence-corrected chi connectivity index (χ3v) is 5.05. The van der Waals surface area contributed by atoms with Crippen molar-refractivity contribution >= 4 is 22.4 Å². The molecule has 4 rings (SSSR count). The first kappa shape index (κ1) is 18.1. The van der Waals surface area contributed by atoms with Crippen LogP contribution in [0.5, 0.6) is 0 Å². The molecule has 140 valence electrons. The van der Waals surface area contributed by atoms with Crippen LogP contribution in [0.15, 0.2) is 66.7 Å². The minimum absolute atomic E-state index is 0.233. The van der Waals surface area contributed by atoms with Crippen LogP contribution >= 0.6 is 11.3 Å². The quantitative estimate of drug-likeness (QED) is 0.523. The normalized spacial score (nSPS) is 10.8. The summed E-state index contributed by atoms with van der Waals surface area (Å²) in [4.78, 5) is 25.3. The molecule has 0 aliphatic rings. The maximum atomic E-state index is 12.5. The van der Waals surface area contributed by atoms with E-state index in [0.717, 1.165) is 24.1 Å². The fraction of sp³-hybridized carbons (Fsp3) is 0.143. The fourth-order valence-corrected chi connectivity index (χ4v) is 3.55. The van der Waals surface area contributed by atoms with Gasteiger partial charge in [-0.2, -0.15) is 0 Å². The molecule has 1 amide bonds. The second-order valence-corrected chi connectivity index (χ2v) is 7.17. The van der Waals surface area contributed by atoms with E-state index < -0.39 is 0 Å². The zero-order valence-corrected chi connectivity index (χ0v) is 16.2. The van der Waals surface area contributed by atoms with Crippen molar-refractivity contribution in [2.45, 2.75) is 19.8 Å². The van der Waals surface area contributed by atoms with E-state index in [9.17, 15) is 4.79 Å². The molecule has 0 aliphatic heterocycles. The van der Waals surface area contributed by atoms with E-state index in [1.165, 1.54) is 16.9 Å². The molecule has 1 aromatic carbocycles. The first-order valence-electron chi connectivity index (χ1n) is 9.03. The van der Waals surface area contributed by atoms with Crippen LogP contribution in [0.2, 0.25) is 0 Å². The average Bonchev–Trinajstić information content (AvgIpc) is 3.41. The highest BCUT2D eigenvalue weighted by Crippen LogP contribution is 2.25. The zero-order chi connectivity index (χ0) is 19.3. The van der Waals surface area contributed by atoms with E-state index >= 15 is 0 Å². The van der Waals surface area contributed by atoms with Crippen LogP contribution in [-0.4, -0.2) is 25.4 Å². The number of carbonyl (C=O) groups excluding carboxylic acids is 1. The van der Waals surface area contributed by atoms with Gasteiger partial charge in [0.15, 0.2) is 5.13 Å². The lowest BCUT2D eigenvalue weighted by molar-refractivity contribution is 0.102. The van der Waals surface area contributed by atoms with E-state index in [1.807, 2.05) is 5.38 Å². The number of rotatable bonds is 6. The number of anilines is 1. The summed E-state index contributed by atoms with van der Waals surface area (Å²) in [7, 11) is 0. The van der Waals surface area contributed by atoms with E-state index in [-0.39, 0.29) is 5.91 Å². The monoisotopic (exact) mass is 389 g/mol. The van der Waals surface area contributed by atoms with Crippen molar-refractivity contribution in [1.29, 1.82) is 0 Å². The van der Waals surface area contributed by atoms with Gasteiger partial charge < -0.3 is 0 Å². The van der Waals surface area contributed by atoms with Crippen molar-refractivity contribution in [1.82, 2.24) is 19.5 Å². The number of imidazole rings is 1. The van der Waals surface area contributed by atoms with Crippen molar-refractivity contribution < 1.29 is 4.79 Å². The Bertz CT molecular complexity index is 1050. The minimum Gasteiger partial charge on any atom is -0.298 e. The van der Waals surface area contributed by atoms with Gasteiger partial charge >= 0.3 is 0 Å². The zero-order valence-electron chi connectivity index (χ0n) is 15.4. The van der Waals surface area contributed by atoms with Crippen LogP contribution in [0.4, 0.5) is 5.13 Å². The highest BCUT2D eigenvalue weighted by molar-refractivity contribution is 7.14. The van der Waals surface area contributed by atoms with Gasteiger partial charge in [-0.05, 0) is 24.1 Å². The van der Waals surface area contributed by atoms with Crippen LogP contribution in [0.1, 0.15) is 29.3 Å². The third-order valence-electron chi connectivity index (χ3n) is 4.29. The topological polar surface area (TPSA) is 72.7 Å². The Morgan fingerprint density at radius 1 is 1.18 bits per heavy atom. The SMILES string of the molecule is CCCc1ccc(-c2csc(NC(=O)c3ccc(-n4ccnc4)nc3)n2)cc1. The van der Waals surface area contributed by atoms with Gasteiger partial charge in [-0.15, -0.1) is 11.3 Å². The van der Waals surface area contributed by atoms with Gasteiger partial charge in [-0.1, -0.05) is 37.6 Å². The van der Waals surface area contributed by atoms with Crippen molar-refractivity contribution in [3.05, 3.63) is 77.8 Å². The predicted molar refractivity (Wildman–Crippen MR) is 111 cm³/mol. The first-order chi connectivity index (χ1) is 13.7. The number of benzene rings is 1. The molecule has 0 saturated carbocycles. The van der Waals surface area contributed by atoms with Crippen LogP contribution in [0, 0.1) is 0 Å². The minimum atomic E-state index is -0.233. The summed E-state index contributed by atoms with van der Waals surface area (Å²) >= 11 is 1.41. The second-order valence-electron chi connectivity index (χ2n) is 6.31. The highest BCUT2D eigenvalue weighted by Gasteiger charge is 2.11. The standard InChI is InChI=1S/C21H19N5OS/c1-2-3-15-4-6-16(7-5-15)18-13-28-21(24-18)25-20(27)17-8-9-19(23-12-17)26-11-10-22-14-26/h4-14H,2-3H2,1H3,(H,24,25,27). The van der Waals surface area contributed by atoms with Gasteiger partial charge in [0, 0.05) is 29.5 Å². The molecule has 3 heterocycles. The Labute approximate surface area is 166 Å². The lowest BCUT2D eigenvalue weighted by Gasteiger charge is -2.04. The molecule has 6 nitrogen and oxygen atoms in total. The molecule has 4 aromatic rings. The number of thiazole rings is 1. The van der Waals surface area contributed by atoms with E-state index in [1.54, 1.807) is 41.6 Å². The number of pyridine rings is 1. The molecular formula is C21H19N5OS. The first-order valence-corrected chi connectivity index (χ1v) is 9.91. The molecule has 28 heavy (non-hydrogen) atoms. The largest absolute Gasteiger partial charge is 0.298 e. The molecule has 7 heteroatoms. The Morgan fingerprint density at radius 3 is 2.71 bits per heavy atom. The lowest BCUT2D eigenvalue weighted by atomic mass is 10.1. The smallest absolute Gasteiger partial charge is 0.259 e. The summed E-state index contributed by atoms with van der Waals surface area (Å²) in [6.07, 6.45) is 8.89. The summed E-state index contributed by atoms with van der Waals surface area (Å²) in [6, 6.07) is 11.9. The van der Waals surface area contributed by atoms with Gasteiger partial charge in [0.05, 0.1) is 11.3 Å². The molecule has 0 radical (unpaired) electrons. The third kappa shape index (κ3) is 3.99. The number of nitrogens with one attached hydrogen (secondary N) is 1. The number of amides is 1. The number of hydrogen-bond donors (Lipinski definition) is 1. The molecule has 0 bridgehead atoms. The summed E-state index contributed by atoms with van der Waals surface area (Å²) in [5.41, 5.74) is 3.70. The number of nitrogens with zero attached hydrogens (tertiary/aromatic N) is 4. The molecule has 0 atom stereocenters. The molecule has 0 spiro atoms. The van der Waals surface area contributed by atoms with Crippen molar-refractivity contribution in [3.8, 4) is 17.1 Å². The van der Waals surface area contributed by atoms with Gasteiger partial charge in [-0.25, -0.2) is 15.0 Å². The number of aromatic nitrogens is 4. The maximum Gasteiger partial charge on any atom is 0.259 e. The average molecular weight is 389 g/mol. The summed E-state index contributed by atoms with van der Waals surface area (Å²) < 4.78 is 1.78. The van der Waals surface area contributed by atoms with E-state index in [0.29, 0.717) is 16.5 Å². The summed E-state index contributed by atoms with van der Waals surface area (Å²) in [5.74, 6) is 0.473. The van der Waals surface area contributed by atoms with Gasteiger partial charge in [-0.3, -0.25) is 14.7 Å². The number of carbonyl (C=O) groups is 1. The molecular weight excluding hydrogens is 370 g/mol. The molecule has 0 aliphatic carbocycles. The predicted octanol–water partition coefficient (Wildman–Crippen LogP) is 4.60.